The van der Waals surface area contributed by atoms with Gasteiger partial charge in [-0.2, -0.15) is 0 Å². The van der Waals surface area contributed by atoms with E-state index in [9.17, 15) is 19.2 Å². The van der Waals surface area contributed by atoms with Crippen molar-refractivity contribution in [1.29, 1.82) is 0 Å². The van der Waals surface area contributed by atoms with Crippen molar-refractivity contribution in [3.05, 3.63) is 65.7 Å². The fourth-order valence-corrected chi connectivity index (χ4v) is 5.67. The SMILES string of the molecule is CN(C)C(=O)CCC(=O)c1cccc(CN2CN(c3ccccc3)C3(CCN(C(=O)CC(C)(C)C)CC3)C2=O)c1. The van der Waals surface area contributed by atoms with Crippen LogP contribution in [0.15, 0.2) is 54.6 Å². The molecular formula is C32H42N4O4. The van der Waals surface area contributed by atoms with Crippen molar-refractivity contribution in [2.24, 2.45) is 5.41 Å². The highest BCUT2D eigenvalue weighted by atomic mass is 16.2. The molecule has 2 aliphatic heterocycles. The Bertz CT molecular complexity index is 1240. The predicted molar refractivity (Wildman–Crippen MR) is 156 cm³/mol. The number of hydrogen-bond acceptors (Lipinski definition) is 5. The van der Waals surface area contributed by atoms with Gasteiger partial charge in [0.25, 0.3) is 0 Å². The molecule has 0 radical (unpaired) electrons. The Balaban J connectivity index is 1.51. The fraction of sp³-hybridized carbons (Fsp3) is 0.500. The van der Waals surface area contributed by atoms with Crippen molar-refractivity contribution >= 4 is 29.2 Å². The van der Waals surface area contributed by atoms with Crippen LogP contribution in [0.3, 0.4) is 0 Å². The third-order valence-electron chi connectivity index (χ3n) is 7.89. The molecule has 1 spiro atoms. The summed E-state index contributed by atoms with van der Waals surface area (Å²) in [6, 6.07) is 17.4. The summed E-state index contributed by atoms with van der Waals surface area (Å²) in [5.41, 5.74) is 1.62. The number of likely N-dealkylation sites (tertiary alicyclic amines) is 1. The number of anilines is 1. The average Bonchev–Trinajstić information content (AvgIpc) is 3.17. The first-order chi connectivity index (χ1) is 18.9. The van der Waals surface area contributed by atoms with Gasteiger partial charge in [0.05, 0.1) is 6.67 Å². The van der Waals surface area contributed by atoms with E-state index in [2.05, 4.69) is 25.7 Å². The minimum absolute atomic E-state index is 0.0626. The van der Waals surface area contributed by atoms with E-state index in [0.717, 1.165) is 11.3 Å². The number of para-hydroxylation sites is 1. The van der Waals surface area contributed by atoms with E-state index in [1.807, 2.05) is 58.3 Å². The zero-order valence-corrected chi connectivity index (χ0v) is 24.5. The highest BCUT2D eigenvalue weighted by Crippen LogP contribution is 2.40. The topological polar surface area (TPSA) is 81.2 Å². The van der Waals surface area contributed by atoms with Crippen molar-refractivity contribution in [3.8, 4) is 0 Å². The highest BCUT2D eigenvalue weighted by molar-refractivity contribution is 5.98. The van der Waals surface area contributed by atoms with Gasteiger partial charge in [-0.3, -0.25) is 19.2 Å². The summed E-state index contributed by atoms with van der Waals surface area (Å²) in [4.78, 5) is 59.2. The molecule has 0 N–H and O–H groups in total. The molecule has 0 bridgehead atoms. The molecule has 214 valence electrons. The van der Waals surface area contributed by atoms with Crippen LogP contribution >= 0.6 is 0 Å². The molecule has 2 heterocycles. The van der Waals surface area contributed by atoms with Crippen molar-refractivity contribution in [1.82, 2.24) is 14.7 Å². The summed E-state index contributed by atoms with van der Waals surface area (Å²) in [7, 11) is 3.36. The van der Waals surface area contributed by atoms with Gasteiger partial charge in [-0.1, -0.05) is 57.2 Å². The molecule has 2 aromatic carbocycles. The third kappa shape index (κ3) is 6.54. The molecule has 2 aliphatic rings. The lowest BCUT2D eigenvalue weighted by atomic mass is 9.84. The van der Waals surface area contributed by atoms with Crippen LogP contribution in [0.25, 0.3) is 0 Å². The first-order valence-electron chi connectivity index (χ1n) is 14.1. The van der Waals surface area contributed by atoms with Crippen LogP contribution in [-0.4, -0.2) is 77.6 Å². The van der Waals surface area contributed by atoms with Gasteiger partial charge in [0.1, 0.15) is 5.54 Å². The van der Waals surface area contributed by atoms with Gasteiger partial charge in [-0.15, -0.1) is 0 Å². The Morgan fingerprint density at radius 3 is 2.23 bits per heavy atom. The molecule has 0 aromatic heterocycles. The lowest BCUT2D eigenvalue weighted by Crippen LogP contribution is -2.57. The number of ketones is 1. The maximum absolute atomic E-state index is 14.1. The molecule has 2 aromatic rings. The number of hydrogen-bond donors (Lipinski definition) is 0. The van der Waals surface area contributed by atoms with Gasteiger partial charge < -0.3 is 19.6 Å². The smallest absolute Gasteiger partial charge is 0.250 e. The van der Waals surface area contributed by atoms with Crippen molar-refractivity contribution in [3.63, 3.8) is 0 Å². The molecule has 3 amide bonds. The number of piperidine rings is 1. The van der Waals surface area contributed by atoms with Crippen LogP contribution in [0.5, 0.6) is 0 Å². The summed E-state index contributed by atoms with van der Waals surface area (Å²) in [6.07, 6.45) is 1.96. The maximum Gasteiger partial charge on any atom is 0.250 e. The van der Waals surface area contributed by atoms with Crippen LogP contribution in [0.4, 0.5) is 5.69 Å². The number of rotatable bonds is 8. The van der Waals surface area contributed by atoms with Crippen LogP contribution in [0.1, 0.15) is 68.8 Å². The molecule has 0 aliphatic carbocycles. The minimum atomic E-state index is -0.708. The molecule has 0 unspecified atom stereocenters. The Morgan fingerprint density at radius 2 is 1.60 bits per heavy atom. The van der Waals surface area contributed by atoms with Crippen LogP contribution < -0.4 is 4.90 Å². The van der Waals surface area contributed by atoms with E-state index in [4.69, 9.17) is 0 Å². The lowest BCUT2D eigenvalue weighted by molar-refractivity contribution is -0.139. The zero-order valence-electron chi connectivity index (χ0n) is 24.5. The quantitative estimate of drug-likeness (QED) is 0.460. The molecule has 0 saturated carbocycles. The number of benzene rings is 2. The summed E-state index contributed by atoms with van der Waals surface area (Å²) < 4.78 is 0. The second-order valence-electron chi connectivity index (χ2n) is 12.5. The number of carbonyl (C=O) groups excluding carboxylic acids is 4. The van der Waals surface area contributed by atoms with Crippen molar-refractivity contribution in [2.75, 3.05) is 38.8 Å². The number of amides is 3. The van der Waals surface area contributed by atoms with E-state index in [0.29, 0.717) is 51.1 Å². The Labute approximate surface area is 237 Å². The maximum atomic E-state index is 14.1. The van der Waals surface area contributed by atoms with Gasteiger partial charge in [-0.25, -0.2) is 0 Å². The van der Waals surface area contributed by atoms with Gasteiger partial charge >= 0.3 is 0 Å². The second kappa shape index (κ2) is 11.8. The third-order valence-corrected chi connectivity index (χ3v) is 7.89. The normalized spacial score (nSPS) is 16.9. The Hall–Kier alpha value is -3.68. The van der Waals surface area contributed by atoms with E-state index in [1.54, 1.807) is 20.2 Å². The Kier molecular flexibility index (Phi) is 8.66. The van der Waals surface area contributed by atoms with Gasteiger partial charge in [0, 0.05) is 64.2 Å². The summed E-state index contributed by atoms with van der Waals surface area (Å²) in [5, 5.41) is 0. The molecule has 4 rings (SSSR count). The van der Waals surface area contributed by atoms with E-state index in [1.165, 1.54) is 4.90 Å². The molecule has 40 heavy (non-hydrogen) atoms. The fourth-order valence-electron chi connectivity index (χ4n) is 5.67. The van der Waals surface area contributed by atoms with Gasteiger partial charge in [0.2, 0.25) is 17.7 Å². The van der Waals surface area contributed by atoms with Gasteiger partial charge in [-0.05, 0) is 42.0 Å². The number of Topliss-reactive ketones (excluding diaryl/α,β-unsaturated/α-hetero) is 1. The van der Waals surface area contributed by atoms with E-state index in [-0.39, 0.29) is 41.8 Å². The zero-order chi connectivity index (χ0) is 29.1. The lowest BCUT2D eigenvalue weighted by Gasteiger charge is -2.43. The van der Waals surface area contributed by atoms with Crippen LogP contribution in [-0.2, 0) is 20.9 Å². The molecule has 0 atom stereocenters. The number of carbonyl (C=O) groups is 4. The molecule has 8 nitrogen and oxygen atoms in total. The van der Waals surface area contributed by atoms with E-state index >= 15 is 0 Å². The van der Waals surface area contributed by atoms with Gasteiger partial charge in [0.15, 0.2) is 5.78 Å². The summed E-state index contributed by atoms with van der Waals surface area (Å²) in [5.74, 6) is 0.0429. The first-order valence-corrected chi connectivity index (χ1v) is 14.1. The number of nitrogens with zero attached hydrogens (tertiary/aromatic N) is 4. The van der Waals surface area contributed by atoms with Crippen LogP contribution in [0.2, 0.25) is 0 Å². The molecule has 8 heteroatoms. The second-order valence-corrected chi connectivity index (χ2v) is 12.5. The summed E-state index contributed by atoms with van der Waals surface area (Å²) >= 11 is 0. The summed E-state index contributed by atoms with van der Waals surface area (Å²) in [6.45, 7) is 8.12. The van der Waals surface area contributed by atoms with Crippen molar-refractivity contribution in [2.45, 2.75) is 65.0 Å². The van der Waals surface area contributed by atoms with E-state index < -0.39 is 5.54 Å². The monoisotopic (exact) mass is 546 g/mol. The average molecular weight is 547 g/mol. The van der Waals surface area contributed by atoms with Crippen LogP contribution in [0, 0.1) is 5.41 Å². The molecule has 2 fully saturated rings. The Morgan fingerprint density at radius 1 is 0.925 bits per heavy atom. The molecule has 2 saturated heterocycles. The molecular weight excluding hydrogens is 504 g/mol. The first kappa shape index (κ1) is 29.3. The largest absolute Gasteiger partial charge is 0.349 e. The minimum Gasteiger partial charge on any atom is -0.349 e. The van der Waals surface area contributed by atoms with Crippen molar-refractivity contribution < 1.29 is 19.2 Å². The standard InChI is InChI=1S/C32H42N4O4/c1-31(2,3)21-29(39)34-18-16-32(17-19-34)30(40)35(23-36(32)26-12-7-6-8-13-26)22-24-10-9-11-25(20-24)27(37)14-15-28(38)33(4)5/h6-13,20H,14-19,21-23H2,1-5H3. The highest BCUT2D eigenvalue weighted by Gasteiger charge is 2.54. The predicted octanol–water partition coefficient (Wildman–Crippen LogP) is 4.34.